The number of rotatable bonds is 5. The van der Waals surface area contributed by atoms with Gasteiger partial charge in [0.25, 0.3) is 0 Å². The van der Waals surface area contributed by atoms with E-state index in [0.717, 1.165) is 12.1 Å². The highest BCUT2D eigenvalue weighted by molar-refractivity contribution is 5.86. The smallest absolute Gasteiger partial charge is 0.335 e. The number of phenols is 1. The van der Waals surface area contributed by atoms with Gasteiger partial charge < -0.3 is 39.4 Å². The molecule has 0 saturated carbocycles. The average Bonchev–Trinajstić information content (AvgIpc) is 3.20. The van der Waals surface area contributed by atoms with Gasteiger partial charge in [-0.1, -0.05) is 12.7 Å². The summed E-state index contributed by atoms with van der Waals surface area (Å²) in [6.45, 7) is 3.62. The number of benzene rings is 2. The van der Waals surface area contributed by atoms with Gasteiger partial charge in [-0.25, -0.2) is 14.2 Å². The van der Waals surface area contributed by atoms with E-state index in [4.69, 9.17) is 19.0 Å². The third-order valence-corrected chi connectivity index (χ3v) is 5.07. The number of carboxylic acids is 1. The van der Waals surface area contributed by atoms with Crippen molar-refractivity contribution in [3.63, 3.8) is 0 Å². The van der Waals surface area contributed by atoms with Crippen LogP contribution in [0.3, 0.4) is 0 Å². The predicted molar refractivity (Wildman–Crippen MR) is 106 cm³/mol. The lowest BCUT2D eigenvalue weighted by atomic mass is 9.99. The minimum absolute atomic E-state index is 0.0219. The largest absolute Gasteiger partial charge is 0.505 e. The van der Waals surface area contributed by atoms with Crippen LogP contribution in [0.25, 0.3) is 28.6 Å². The number of fused-ring (bicyclic) bond motifs is 1. The van der Waals surface area contributed by atoms with Crippen molar-refractivity contribution in [2.75, 3.05) is 0 Å². The van der Waals surface area contributed by atoms with Gasteiger partial charge in [-0.05, 0) is 18.2 Å². The number of oxazole rings is 1. The van der Waals surface area contributed by atoms with E-state index in [2.05, 4.69) is 11.6 Å². The molecule has 0 spiro atoms. The Kier molecular flexibility index (Phi) is 5.76. The molecule has 0 radical (unpaired) electrons. The molecular formula is C21H17F2NO9. The first-order chi connectivity index (χ1) is 15.6. The number of halogens is 2. The lowest BCUT2D eigenvalue weighted by molar-refractivity contribution is -0.271. The van der Waals surface area contributed by atoms with Gasteiger partial charge in [0.2, 0.25) is 18.0 Å². The molecule has 5 atom stereocenters. The molecule has 12 heteroatoms. The number of hydrogen-bond donors (Lipinski definition) is 5. The summed E-state index contributed by atoms with van der Waals surface area (Å²) in [6.07, 6.45) is -7.73. The number of carboxylic acid groups (broad SMARTS) is 1. The Labute approximate surface area is 183 Å². The number of ether oxygens (including phenoxy) is 2. The lowest BCUT2D eigenvalue weighted by Gasteiger charge is -2.38. The molecule has 1 fully saturated rings. The van der Waals surface area contributed by atoms with Crippen LogP contribution in [0.5, 0.6) is 11.5 Å². The molecular weight excluding hydrogens is 448 g/mol. The minimum atomic E-state index is -1.89. The predicted octanol–water partition coefficient (Wildman–Crippen LogP) is 1.39. The third kappa shape index (κ3) is 3.89. The lowest BCUT2D eigenvalue weighted by Crippen LogP contribution is -2.61. The molecule has 0 amide bonds. The van der Waals surface area contributed by atoms with Gasteiger partial charge in [-0.3, -0.25) is 0 Å². The van der Waals surface area contributed by atoms with E-state index in [0.29, 0.717) is 5.56 Å². The SMILES string of the molecule is C=Cc1cc(OC2O[C@H](C(=O)O)[C@@H](O)[C@H](O)[C@H]2O)cc2nc(-c3ccc(O)c(F)c3F)oc12. The zero-order chi connectivity index (χ0) is 24.0. The molecule has 1 aliphatic heterocycles. The minimum Gasteiger partial charge on any atom is -0.505 e. The monoisotopic (exact) mass is 465 g/mol. The van der Waals surface area contributed by atoms with E-state index in [1.807, 2.05) is 0 Å². The maximum absolute atomic E-state index is 14.2. The summed E-state index contributed by atoms with van der Waals surface area (Å²) in [5.74, 6) is -5.63. The van der Waals surface area contributed by atoms with Crippen LogP contribution < -0.4 is 4.74 Å². The molecule has 4 rings (SSSR count). The number of carbonyl (C=O) groups is 1. The molecule has 10 nitrogen and oxygen atoms in total. The van der Waals surface area contributed by atoms with E-state index in [-0.39, 0.29) is 28.3 Å². The van der Waals surface area contributed by atoms with Gasteiger partial charge >= 0.3 is 5.97 Å². The second-order valence-electron chi connectivity index (χ2n) is 7.20. The second kappa shape index (κ2) is 8.41. The Morgan fingerprint density at radius 3 is 2.52 bits per heavy atom. The second-order valence-corrected chi connectivity index (χ2v) is 7.20. The van der Waals surface area contributed by atoms with Crippen LogP contribution in [0.1, 0.15) is 5.56 Å². The molecule has 2 aromatic carbocycles. The highest BCUT2D eigenvalue weighted by atomic mass is 19.2. The summed E-state index contributed by atoms with van der Waals surface area (Å²) in [6, 6.07) is 4.66. The Hall–Kier alpha value is -3.58. The van der Waals surface area contributed by atoms with Crippen LogP contribution in [0.15, 0.2) is 35.3 Å². The number of nitrogens with zero attached hydrogens (tertiary/aromatic N) is 1. The van der Waals surface area contributed by atoms with E-state index in [1.54, 1.807) is 0 Å². The summed E-state index contributed by atoms with van der Waals surface area (Å²) in [5, 5.41) is 48.3. The first kappa shape index (κ1) is 22.6. The summed E-state index contributed by atoms with van der Waals surface area (Å²) < 4.78 is 44.1. The van der Waals surface area contributed by atoms with Gasteiger partial charge in [0.1, 0.15) is 29.6 Å². The molecule has 1 aliphatic rings. The highest BCUT2D eigenvalue weighted by Gasteiger charge is 2.48. The zero-order valence-corrected chi connectivity index (χ0v) is 16.6. The number of aromatic nitrogens is 1. The van der Waals surface area contributed by atoms with Crippen LogP contribution in [-0.2, 0) is 9.53 Å². The van der Waals surface area contributed by atoms with E-state index < -0.39 is 54.1 Å². The summed E-state index contributed by atoms with van der Waals surface area (Å²) in [5.41, 5.74) is 0.170. The van der Waals surface area contributed by atoms with Crippen molar-refractivity contribution < 1.29 is 53.0 Å². The van der Waals surface area contributed by atoms with Crippen molar-refractivity contribution in [2.45, 2.75) is 30.7 Å². The standard InChI is InChI=1S/C21H17F2NO9/c1-2-7-5-8(31-21-16(28)14(26)15(27)18(33-21)20(29)30)6-10-17(7)32-19(24-10)9-3-4-11(25)13(23)12(9)22/h2-6,14-16,18,21,25-28H,1H2,(H,29,30)/t14-,15-,16+,18-,21?/m0/s1. The number of aliphatic carboxylic acids is 1. The maximum Gasteiger partial charge on any atom is 0.335 e. The third-order valence-electron chi connectivity index (χ3n) is 5.07. The molecule has 1 saturated heterocycles. The van der Waals surface area contributed by atoms with Crippen LogP contribution in [0.4, 0.5) is 8.78 Å². The van der Waals surface area contributed by atoms with Crippen LogP contribution in [0.2, 0.25) is 0 Å². The number of hydrogen-bond acceptors (Lipinski definition) is 9. The summed E-state index contributed by atoms with van der Waals surface area (Å²) in [4.78, 5) is 15.4. The van der Waals surface area contributed by atoms with Gasteiger partial charge in [0.05, 0.1) is 5.56 Å². The van der Waals surface area contributed by atoms with Crippen molar-refractivity contribution in [1.82, 2.24) is 4.98 Å². The zero-order valence-electron chi connectivity index (χ0n) is 16.6. The first-order valence-corrected chi connectivity index (χ1v) is 9.45. The average molecular weight is 465 g/mol. The van der Waals surface area contributed by atoms with E-state index in [1.165, 1.54) is 18.2 Å². The maximum atomic E-state index is 14.2. The van der Waals surface area contributed by atoms with Gasteiger partial charge in [-0.15, -0.1) is 0 Å². The fourth-order valence-electron chi connectivity index (χ4n) is 3.35. The molecule has 3 aromatic rings. The van der Waals surface area contributed by atoms with Crippen LogP contribution >= 0.6 is 0 Å². The normalized spacial score (nSPS) is 25.2. The van der Waals surface area contributed by atoms with Crippen molar-refractivity contribution >= 4 is 23.1 Å². The van der Waals surface area contributed by atoms with Crippen molar-refractivity contribution in [3.8, 4) is 23.0 Å². The van der Waals surface area contributed by atoms with Gasteiger partial charge in [-0.2, -0.15) is 4.39 Å². The van der Waals surface area contributed by atoms with Crippen molar-refractivity contribution in [1.29, 1.82) is 0 Å². The first-order valence-electron chi connectivity index (χ1n) is 9.45. The fourth-order valence-corrected chi connectivity index (χ4v) is 3.35. The quantitative estimate of drug-likeness (QED) is 0.372. The number of aliphatic hydroxyl groups excluding tert-OH is 3. The van der Waals surface area contributed by atoms with Gasteiger partial charge in [0.15, 0.2) is 23.3 Å². The Morgan fingerprint density at radius 1 is 1.12 bits per heavy atom. The molecule has 0 bridgehead atoms. The fraction of sp³-hybridized carbons (Fsp3) is 0.238. The molecule has 2 heterocycles. The molecule has 1 aromatic heterocycles. The Bertz CT molecular complexity index is 1240. The molecule has 33 heavy (non-hydrogen) atoms. The summed E-state index contributed by atoms with van der Waals surface area (Å²) >= 11 is 0. The van der Waals surface area contributed by atoms with Crippen molar-refractivity contribution in [3.05, 3.63) is 48.0 Å². The van der Waals surface area contributed by atoms with Crippen LogP contribution in [0, 0.1) is 11.6 Å². The molecule has 5 N–H and O–H groups in total. The van der Waals surface area contributed by atoms with Crippen LogP contribution in [-0.4, -0.2) is 67.2 Å². The number of aliphatic hydroxyl groups is 3. The van der Waals surface area contributed by atoms with E-state index in [9.17, 15) is 34.0 Å². The number of aromatic hydroxyl groups is 1. The molecule has 1 unspecified atom stereocenters. The van der Waals surface area contributed by atoms with E-state index >= 15 is 0 Å². The number of phenolic OH excluding ortho intramolecular Hbond substituents is 1. The molecule has 0 aliphatic carbocycles. The topological polar surface area (TPSA) is 163 Å². The summed E-state index contributed by atoms with van der Waals surface area (Å²) in [7, 11) is 0. The highest BCUT2D eigenvalue weighted by Crippen LogP contribution is 2.35. The van der Waals surface area contributed by atoms with Gasteiger partial charge in [0, 0.05) is 11.6 Å². The van der Waals surface area contributed by atoms with Crippen molar-refractivity contribution in [2.24, 2.45) is 0 Å². The molecule has 174 valence electrons. The Balaban J connectivity index is 1.71. The Morgan fingerprint density at radius 2 is 1.85 bits per heavy atom.